The van der Waals surface area contributed by atoms with Crippen LogP contribution in [0.25, 0.3) is 0 Å². The van der Waals surface area contributed by atoms with E-state index in [-0.39, 0.29) is 12.3 Å². The van der Waals surface area contributed by atoms with Crippen LogP contribution in [-0.4, -0.2) is 68.5 Å². The minimum Gasteiger partial charge on any atom is -0.497 e. The van der Waals surface area contributed by atoms with E-state index in [0.29, 0.717) is 25.1 Å². The molecule has 31 heavy (non-hydrogen) atoms. The standard InChI is InChI=1S/C24H30N2O4S/c1-18-6-4-5-7-19(18)11-13-25-14-15-26(31(3,28)29)17-24(25)12-10-20-16-21(30-2)8-9-22(20)23(24)27/h4-9,16H,10-15,17H2,1-3H3. The van der Waals surface area contributed by atoms with Crippen LogP contribution in [0.5, 0.6) is 5.75 Å². The number of fused-ring (bicyclic) bond motifs is 1. The number of ether oxygens (including phenoxy) is 1. The van der Waals surface area contributed by atoms with Gasteiger partial charge >= 0.3 is 0 Å². The molecule has 1 aliphatic heterocycles. The van der Waals surface area contributed by atoms with Crippen molar-refractivity contribution in [3.63, 3.8) is 0 Å². The molecule has 0 saturated carbocycles. The van der Waals surface area contributed by atoms with Gasteiger partial charge in [0.05, 0.1) is 18.9 Å². The number of rotatable bonds is 5. The fourth-order valence-corrected chi connectivity index (χ4v) is 5.82. The second-order valence-corrected chi connectivity index (χ2v) is 10.6. The molecule has 0 amide bonds. The molecular formula is C24H30N2O4S. The molecule has 2 aromatic carbocycles. The Hall–Kier alpha value is -2.22. The maximum Gasteiger partial charge on any atom is 0.211 e. The highest BCUT2D eigenvalue weighted by molar-refractivity contribution is 7.88. The van der Waals surface area contributed by atoms with Crippen molar-refractivity contribution >= 4 is 15.8 Å². The summed E-state index contributed by atoms with van der Waals surface area (Å²) in [6.45, 7) is 4.00. The van der Waals surface area contributed by atoms with Crippen molar-refractivity contribution in [2.75, 3.05) is 39.5 Å². The molecule has 4 rings (SSSR count). The zero-order valence-electron chi connectivity index (χ0n) is 18.4. The van der Waals surface area contributed by atoms with Gasteiger partial charge < -0.3 is 4.74 Å². The van der Waals surface area contributed by atoms with Gasteiger partial charge in [0.15, 0.2) is 5.78 Å². The SMILES string of the molecule is COc1ccc2c(c1)CCC1(CN(S(C)(=O)=O)CCN1CCc1ccccc1C)C2=O. The average molecular weight is 443 g/mol. The third kappa shape index (κ3) is 4.14. The number of aryl methyl sites for hydroxylation is 2. The zero-order chi connectivity index (χ0) is 22.2. The topological polar surface area (TPSA) is 66.9 Å². The molecule has 2 aliphatic rings. The molecule has 0 radical (unpaired) electrons. The van der Waals surface area contributed by atoms with Gasteiger partial charge in [-0.25, -0.2) is 8.42 Å². The van der Waals surface area contributed by atoms with E-state index in [4.69, 9.17) is 4.74 Å². The predicted octanol–water partition coefficient (Wildman–Crippen LogP) is 2.69. The van der Waals surface area contributed by atoms with Crippen molar-refractivity contribution in [2.24, 2.45) is 0 Å². The Morgan fingerprint density at radius 3 is 2.61 bits per heavy atom. The number of hydrogen-bond donors (Lipinski definition) is 0. The molecule has 6 nitrogen and oxygen atoms in total. The molecule has 1 spiro atoms. The summed E-state index contributed by atoms with van der Waals surface area (Å²) in [4.78, 5) is 16.1. The first kappa shape index (κ1) is 22.0. The number of benzene rings is 2. The van der Waals surface area contributed by atoms with Gasteiger partial charge in [0.1, 0.15) is 5.75 Å². The highest BCUT2D eigenvalue weighted by atomic mass is 32.2. The average Bonchev–Trinajstić information content (AvgIpc) is 2.75. The molecule has 1 saturated heterocycles. The normalized spacial score (nSPS) is 22.5. The highest BCUT2D eigenvalue weighted by Gasteiger charge is 2.51. The summed E-state index contributed by atoms with van der Waals surface area (Å²) >= 11 is 0. The molecule has 1 heterocycles. The van der Waals surface area contributed by atoms with Gasteiger partial charge in [0.2, 0.25) is 10.0 Å². The summed E-state index contributed by atoms with van der Waals surface area (Å²) in [7, 11) is -1.76. The number of carbonyl (C=O) groups excluding carboxylic acids is 1. The molecule has 1 unspecified atom stereocenters. The lowest BCUT2D eigenvalue weighted by molar-refractivity contribution is 0.0195. The summed E-state index contributed by atoms with van der Waals surface area (Å²) in [5, 5.41) is 0. The number of carbonyl (C=O) groups is 1. The van der Waals surface area contributed by atoms with Gasteiger partial charge in [-0.05, 0) is 61.1 Å². The summed E-state index contributed by atoms with van der Waals surface area (Å²) in [6, 6.07) is 13.9. The Bertz CT molecular complexity index is 1100. The van der Waals surface area contributed by atoms with Crippen molar-refractivity contribution in [1.29, 1.82) is 0 Å². The molecule has 166 valence electrons. The predicted molar refractivity (Wildman–Crippen MR) is 121 cm³/mol. The Labute approximate surface area is 184 Å². The molecule has 0 bridgehead atoms. The summed E-state index contributed by atoms with van der Waals surface area (Å²) in [5.41, 5.74) is 3.33. The van der Waals surface area contributed by atoms with E-state index < -0.39 is 15.6 Å². The molecule has 1 fully saturated rings. The molecule has 0 N–H and O–H groups in total. The first-order valence-corrected chi connectivity index (χ1v) is 12.6. The zero-order valence-corrected chi connectivity index (χ0v) is 19.2. The number of hydrogen-bond acceptors (Lipinski definition) is 5. The van der Waals surface area contributed by atoms with Crippen molar-refractivity contribution < 1.29 is 17.9 Å². The Morgan fingerprint density at radius 1 is 1.13 bits per heavy atom. The van der Waals surface area contributed by atoms with Crippen LogP contribution in [-0.2, 0) is 22.9 Å². The second kappa shape index (κ2) is 8.37. The van der Waals surface area contributed by atoms with Gasteiger partial charge in [-0.1, -0.05) is 24.3 Å². The van der Waals surface area contributed by atoms with Crippen molar-refractivity contribution in [1.82, 2.24) is 9.21 Å². The first-order chi connectivity index (χ1) is 14.7. The monoisotopic (exact) mass is 442 g/mol. The molecule has 1 aliphatic carbocycles. The number of nitrogens with zero attached hydrogens (tertiary/aromatic N) is 2. The van der Waals surface area contributed by atoms with Crippen LogP contribution < -0.4 is 4.74 Å². The van der Waals surface area contributed by atoms with E-state index in [2.05, 4.69) is 24.0 Å². The van der Waals surface area contributed by atoms with Crippen LogP contribution in [0.3, 0.4) is 0 Å². The lowest BCUT2D eigenvalue weighted by Gasteiger charge is -2.51. The van der Waals surface area contributed by atoms with Crippen LogP contribution in [0.2, 0.25) is 0 Å². The minimum absolute atomic E-state index is 0.0227. The lowest BCUT2D eigenvalue weighted by atomic mass is 9.74. The van der Waals surface area contributed by atoms with E-state index in [0.717, 1.165) is 30.7 Å². The number of ketones is 1. The quantitative estimate of drug-likeness (QED) is 0.712. The number of piperazine rings is 1. The summed E-state index contributed by atoms with van der Waals surface area (Å²) in [5.74, 6) is 0.759. The highest BCUT2D eigenvalue weighted by Crippen LogP contribution is 2.38. The van der Waals surface area contributed by atoms with E-state index in [1.54, 1.807) is 7.11 Å². The maximum atomic E-state index is 13.9. The molecule has 1 atom stereocenters. The van der Waals surface area contributed by atoms with Crippen LogP contribution in [0.4, 0.5) is 0 Å². The van der Waals surface area contributed by atoms with Crippen LogP contribution in [0.1, 0.15) is 33.5 Å². The minimum atomic E-state index is -3.38. The fourth-order valence-electron chi connectivity index (χ4n) is 4.96. The van der Waals surface area contributed by atoms with Gasteiger partial charge in [-0.3, -0.25) is 9.69 Å². The fraction of sp³-hybridized carbons (Fsp3) is 0.458. The largest absolute Gasteiger partial charge is 0.497 e. The molecule has 2 aromatic rings. The van der Waals surface area contributed by atoms with Crippen molar-refractivity contribution in [3.8, 4) is 5.75 Å². The van der Waals surface area contributed by atoms with E-state index in [9.17, 15) is 13.2 Å². The Kier molecular flexibility index (Phi) is 5.94. The third-order valence-corrected chi connectivity index (χ3v) is 8.08. The molecular weight excluding hydrogens is 412 g/mol. The smallest absolute Gasteiger partial charge is 0.211 e. The molecule has 7 heteroatoms. The van der Waals surface area contributed by atoms with Gasteiger partial charge in [0, 0.05) is 31.7 Å². The summed E-state index contributed by atoms with van der Waals surface area (Å²) < 4.78 is 31.5. The van der Waals surface area contributed by atoms with Crippen LogP contribution in [0.15, 0.2) is 42.5 Å². The van der Waals surface area contributed by atoms with E-state index >= 15 is 0 Å². The number of sulfonamides is 1. The molecule has 0 aromatic heterocycles. The van der Waals surface area contributed by atoms with E-state index in [1.165, 1.54) is 21.7 Å². The van der Waals surface area contributed by atoms with Crippen molar-refractivity contribution in [2.45, 2.75) is 31.7 Å². The first-order valence-electron chi connectivity index (χ1n) is 10.7. The van der Waals surface area contributed by atoms with Gasteiger partial charge in [-0.2, -0.15) is 4.31 Å². The van der Waals surface area contributed by atoms with Crippen molar-refractivity contribution in [3.05, 3.63) is 64.7 Å². The number of Topliss-reactive ketones (excluding diaryl/α,β-unsaturated/α-hetero) is 1. The Morgan fingerprint density at radius 2 is 1.90 bits per heavy atom. The van der Waals surface area contributed by atoms with Gasteiger partial charge in [-0.15, -0.1) is 0 Å². The lowest BCUT2D eigenvalue weighted by Crippen LogP contribution is -2.68. The third-order valence-electron chi connectivity index (χ3n) is 6.83. The second-order valence-electron chi connectivity index (χ2n) is 8.64. The van der Waals surface area contributed by atoms with Crippen LogP contribution >= 0.6 is 0 Å². The van der Waals surface area contributed by atoms with Crippen LogP contribution in [0, 0.1) is 6.92 Å². The maximum absolute atomic E-state index is 13.9. The summed E-state index contributed by atoms with van der Waals surface area (Å²) in [6.07, 6.45) is 3.38. The number of methoxy groups -OCH3 is 1. The van der Waals surface area contributed by atoms with E-state index in [1.807, 2.05) is 30.3 Å². The Balaban J connectivity index is 1.68. The van der Waals surface area contributed by atoms with Gasteiger partial charge in [0.25, 0.3) is 0 Å².